The molecule has 1 atom stereocenters. The number of fused-ring (bicyclic) bond motifs is 1. The third-order valence-corrected chi connectivity index (χ3v) is 4.22. The van der Waals surface area contributed by atoms with E-state index in [1.54, 1.807) is 11.1 Å². The standard InChI is InChI=1S/C16H20N4O/c1-11(10-12-6-3-4-9-17-12)20(2)16(21)15-13-7-5-8-14(13)18-19-15/h3-4,6,9,11H,5,7-8,10H2,1-2H3,(H,18,19). The first-order chi connectivity index (χ1) is 10.2. The third-order valence-electron chi connectivity index (χ3n) is 4.22. The van der Waals surface area contributed by atoms with Gasteiger partial charge in [-0.1, -0.05) is 6.07 Å². The molecule has 21 heavy (non-hydrogen) atoms. The molecule has 1 unspecified atom stereocenters. The molecule has 5 nitrogen and oxygen atoms in total. The summed E-state index contributed by atoms with van der Waals surface area (Å²) >= 11 is 0. The molecule has 0 radical (unpaired) electrons. The molecule has 1 amide bonds. The van der Waals surface area contributed by atoms with Crippen molar-refractivity contribution in [3.63, 3.8) is 0 Å². The third kappa shape index (κ3) is 2.68. The molecule has 0 bridgehead atoms. The van der Waals surface area contributed by atoms with Gasteiger partial charge in [0.1, 0.15) is 0 Å². The van der Waals surface area contributed by atoms with Crippen molar-refractivity contribution in [3.05, 3.63) is 47.0 Å². The lowest BCUT2D eigenvalue weighted by molar-refractivity contribution is 0.0736. The van der Waals surface area contributed by atoms with E-state index in [0.717, 1.165) is 42.6 Å². The molecule has 2 aromatic heterocycles. The second-order valence-corrected chi connectivity index (χ2v) is 5.67. The van der Waals surface area contributed by atoms with Gasteiger partial charge in [-0.05, 0) is 38.3 Å². The van der Waals surface area contributed by atoms with E-state index in [4.69, 9.17) is 0 Å². The Morgan fingerprint density at radius 2 is 2.29 bits per heavy atom. The fraction of sp³-hybridized carbons (Fsp3) is 0.438. The smallest absolute Gasteiger partial charge is 0.274 e. The highest BCUT2D eigenvalue weighted by Crippen LogP contribution is 2.24. The molecular weight excluding hydrogens is 264 g/mol. The Kier molecular flexibility index (Phi) is 3.73. The summed E-state index contributed by atoms with van der Waals surface area (Å²) in [6.07, 6.45) is 5.59. The van der Waals surface area contributed by atoms with Crippen molar-refractivity contribution >= 4 is 5.91 Å². The SMILES string of the molecule is CC(Cc1ccccn1)N(C)C(=O)c1n[nH]c2c1CCC2. The quantitative estimate of drug-likeness (QED) is 0.934. The van der Waals surface area contributed by atoms with Crippen LogP contribution in [-0.2, 0) is 19.3 Å². The highest BCUT2D eigenvalue weighted by Gasteiger charge is 2.27. The number of nitrogens with one attached hydrogen (secondary N) is 1. The second-order valence-electron chi connectivity index (χ2n) is 5.67. The maximum absolute atomic E-state index is 12.6. The van der Waals surface area contributed by atoms with Gasteiger partial charge in [0.2, 0.25) is 0 Å². The summed E-state index contributed by atoms with van der Waals surface area (Å²) in [5.74, 6) is -0.00201. The molecule has 5 heteroatoms. The van der Waals surface area contributed by atoms with Gasteiger partial charge in [0.25, 0.3) is 5.91 Å². The number of likely N-dealkylation sites (N-methyl/N-ethyl adjacent to an activating group) is 1. The lowest BCUT2D eigenvalue weighted by atomic mass is 10.1. The summed E-state index contributed by atoms with van der Waals surface area (Å²) in [5.41, 5.74) is 3.83. The number of hydrogen-bond donors (Lipinski definition) is 1. The molecule has 110 valence electrons. The lowest BCUT2D eigenvalue weighted by Gasteiger charge is -2.24. The Labute approximate surface area is 124 Å². The summed E-state index contributed by atoms with van der Waals surface area (Å²) < 4.78 is 0. The van der Waals surface area contributed by atoms with Gasteiger partial charge in [0.15, 0.2) is 5.69 Å². The Morgan fingerprint density at radius 1 is 1.43 bits per heavy atom. The molecule has 0 aromatic carbocycles. The van der Waals surface area contributed by atoms with Crippen LogP contribution in [0, 0.1) is 0 Å². The summed E-state index contributed by atoms with van der Waals surface area (Å²) in [4.78, 5) is 18.7. The van der Waals surface area contributed by atoms with Crippen molar-refractivity contribution in [1.29, 1.82) is 0 Å². The zero-order chi connectivity index (χ0) is 14.8. The molecule has 0 aliphatic heterocycles. The van der Waals surface area contributed by atoms with E-state index in [0.29, 0.717) is 5.69 Å². The van der Waals surface area contributed by atoms with E-state index in [2.05, 4.69) is 15.2 Å². The Morgan fingerprint density at radius 3 is 3.05 bits per heavy atom. The number of H-pyrrole nitrogens is 1. The monoisotopic (exact) mass is 284 g/mol. The van der Waals surface area contributed by atoms with Crippen LogP contribution in [0.1, 0.15) is 40.8 Å². The van der Waals surface area contributed by atoms with Gasteiger partial charge in [-0.3, -0.25) is 14.9 Å². The predicted octanol–water partition coefficient (Wildman–Crippen LogP) is 2.00. The van der Waals surface area contributed by atoms with Crippen LogP contribution in [0.5, 0.6) is 0 Å². The van der Waals surface area contributed by atoms with Crippen molar-refractivity contribution in [3.8, 4) is 0 Å². The van der Waals surface area contributed by atoms with E-state index in [1.807, 2.05) is 32.2 Å². The van der Waals surface area contributed by atoms with E-state index in [-0.39, 0.29) is 11.9 Å². The number of aromatic amines is 1. The number of nitrogens with zero attached hydrogens (tertiary/aromatic N) is 3. The van der Waals surface area contributed by atoms with Crippen LogP contribution in [-0.4, -0.2) is 39.1 Å². The van der Waals surface area contributed by atoms with Gasteiger partial charge in [0, 0.05) is 42.7 Å². The Bertz CT molecular complexity index is 635. The fourth-order valence-electron chi connectivity index (χ4n) is 2.82. The normalized spacial score (nSPS) is 14.8. The molecule has 0 saturated heterocycles. The van der Waals surface area contributed by atoms with Crippen molar-refractivity contribution in [2.75, 3.05) is 7.05 Å². The van der Waals surface area contributed by atoms with Gasteiger partial charge >= 0.3 is 0 Å². The molecule has 1 aliphatic carbocycles. The largest absolute Gasteiger partial charge is 0.337 e. The number of carbonyl (C=O) groups is 1. The predicted molar refractivity (Wildman–Crippen MR) is 80.1 cm³/mol. The van der Waals surface area contributed by atoms with Crippen LogP contribution in [0.2, 0.25) is 0 Å². The number of amides is 1. The maximum Gasteiger partial charge on any atom is 0.274 e. The van der Waals surface area contributed by atoms with E-state index >= 15 is 0 Å². The summed E-state index contributed by atoms with van der Waals surface area (Å²) in [5, 5.41) is 7.22. The van der Waals surface area contributed by atoms with Gasteiger partial charge in [-0.15, -0.1) is 0 Å². The van der Waals surface area contributed by atoms with Crippen molar-refractivity contribution in [2.45, 2.75) is 38.6 Å². The van der Waals surface area contributed by atoms with Crippen LogP contribution in [0.3, 0.4) is 0 Å². The van der Waals surface area contributed by atoms with Gasteiger partial charge in [-0.2, -0.15) is 5.10 Å². The van der Waals surface area contributed by atoms with Gasteiger partial charge < -0.3 is 4.90 Å². The molecule has 1 N–H and O–H groups in total. The van der Waals surface area contributed by atoms with Crippen LogP contribution >= 0.6 is 0 Å². The number of rotatable bonds is 4. The minimum absolute atomic E-state index is 0.00201. The summed E-state index contributed by atoms with van der Waals surface area (Å²) in [7, 11) is 1.84. The topological polar surface area (TPSA) is 61.9 Å². The molecule has 2 aromatic rings. The van der Waals surface area contributed by atoms with E-state index in [9.17, 15) is 4.79 Å². The summed E-state index contributed by atoms with van der Waals surface area (Å²) in [6.45, 7) is 2.04. The van der Waals surface area contributed by atoms with E-state index in [1.165, 1.54) is 0 Å². The fourth-order valence-corrected chi connectivity index (χ4v) is 2.82. The van der Waals surface area contributed by atoms with E-state index < -0.39 is 0 Å². The zero-order valence-corrected chi connectivity index (χ0v) is 12.5. The molecule has 1 aliphatic rings. The lowest BCUT2D eigenvalue weighted by Crippen LogP contribution is -2.37. The number of aromatic nitrogens is 3. The average molecular weight is 284 g/mol. The number of hydrogen-bond acceptors (Lipinski definition) is 3. The average Bonchev–Trinajstić information content (AvgIpc) is 3.09. The highest BCUT2D eigenvalue weighted by atomic mass is 16.2. The van der Waals surface area contributed by atoms with Crippen molar-refractivity contribution in [1.82, 2.24) is 20.1 Å². The van der Waals surface area contributed by atoms with Crippen molar-refractivity contribution < 1.29 is 4.79 Å². The van der Waals surface area contributed by atoms with Crippen LogP contribution in [0.25, 0.3) is 0 Å². The molecule has 3 rings (SSSR count). The van der Waals surface area contributed by atoms with Crippen molar-refractivity contribution in [2.24, 2.45) is 0 Å². The first-order valence-corrected chi connectivity index (χ1v) is 7.40. The maximum atomic E-state index is 12.6. The van der Waals surface area contributed by atoms with Crippen LogP contribution in [0.4, 0.5) is 0 Å². The molecular formula is C16H20N4O. The Balaban J connectivity index is 1.72. The minimum atomic E-state index is -0.00201. The van der Waals surface area contributed by atoms with Gasteiger partial charge in [0.05, 0.1) is 0 Å². The first-order valence-electron chi connectivity index (χ1n) is 7.40. The van der Waals surface area contributed by atoms with Gasteiger partial charge in [-0.25, -0.2) is 0 Å². The Hall–Kier alpha value is -2.17. The number of aryl methyl sites for hydroxylation is 1. The molecule has 0 spiro atoms. The number of carbonyl (C=O) groups excluding carboxylic acids is 1. The zero-order valence-electron chi connectivity index (χ0n) is 12.5. The molecule has 0 fully saturated rings. The molecule has 2 heterocycles. The second kappa shape index (κ2) is 5.68. The number of pyridine rings is 1. The summed E-state index contributed by atoms with van der Waals surface area (Å²) in [6, 6.07) is 5.94. The van der Waals surface area contributed by atoms with Crippen LogP contribution < -0.4 is 0 Å². The first kappa shape index (κ1) is 13.8. The molecule has 0 saturated carbocycles. The highest BCUT2D eigenvalue weighted by molar-refractivity contribution is 5.94. The minimum Gasteiger partial charge on any atom is -0.337 e. The van der Waals surface area contributed by atoms with Crippen LogP contribution in [0.15, 0.2) is 24.4 Å².